The van der Waals surface area contributed by atoms with Gasteiger partial charge in [0.25, 0.3) is 5.91 Å². The molecule has 7 heteroatoms. The highest BCUT2D eigenvalue weighted by atomic mass is 16.5. The maximum atomic E-state index is 12.4. The van der Waals surface area contributed by atoms with Crippen molar-refractivity contribution in [2.24, 2.45) is 0 Å². The summed E-state index contributed by atoms with van der Waals surface area (Å²) >= 11 is 0. The second kappa shape index (κ2) is 8.39. The SMILES string of the molecule is COC(=O)c1cnn(-c2ccc(C(=O)NC[C@H](C)c3ccccc3)cc2)c1N. The van der Waals surface area contributed by atoms with Gasteiger partial charge in [0, 0.05) is 12.1 Å². The van der Waals surface area contributed by atoms with Crippen LogP contribution in [0.1, 0.15) is 39.1 Å². The fraction of sp³-hybridized carbons (Fsp3) is 0.190. The van der Waals surface area contributed by atoms with E-state index in [2.05, 4.69) is 22.1 Å². The Bertz CT molecular complexity index is 965. The van der Waals surface area contributed by atoms with Gasteiger partial charge in [-0.15, -0.1) is 0 Å². The van der Waals surface area contributed by atoms with Crippen molar-refractivity contribution < 1.29 is 14.3 Å². The van der Waals surface area contributed by atoms with Crippen LogP contribution in [0.15, 0.2) is 60.8 Å². The summed E-state index contributed by atoms with van der Waals surface area (Å²) in [5.41, 5.74) is 8.51. The van der Waals surface area contributed by atoms with Gasteiger partial charge in [0.05, 0.1) is 19.0 Å². The molecule has 3 N–H and O–H groups in total. The lowest BCUT2D eigenvalue weighted by molar-refractivity contribution is 0.0601. The molecule has 28 heavy (non-hydrogen) atoms. The fourth-order valence-corrected chi connectivity index (χ4v) is 2.83. The van der Waals surface area contributed by atoms with Crippen LogP contribution < -0.4 is 11.1 Å². The van der Waals surface area contributed by atoms with Crippen LogP contribution in [0, 0.1) is 0 Å². The fourth-order valence-electron chi connectivity index (χ4n) is 2.83. The highest BCUT2D eigenvalue weighted by Crippen LogP contribution is 2.18. The number of hydrogen-bond acceptors (Lipinski definition) is 5. The zero-order valence-electron chi connectivity index (χ0n) is 15.8. The van der Waals surface area contributed by atoms with E-state index in [0.29, 0.717) is 17.8 Å². The number of nitrogens with zero attached hydrogens (tertiary/aromatic N) is 2. The molecule has 1 atom stereocenters. The van der Waals surface area contributed by atoms with Gasteiger partial charge in [-0.25, -0.2) is 9.48 Å². The van der Waals surface area contributed by atoms with Crippen molar-refractivity contribution in [3.05, 3.63) is 77.5 Å². The number of esters is 1. The van der Waals surface area contributed by atoms with E-state index in [9.17, 15) is 9.59 Å². The molecule has 0 saturated heterocycles. The number of methoxy groups -OCH3 is 1. The maximum absolute atomic E-state index is 12.4. The Morgan fingerprint density at radius 1 is 1.14 bits per heavy atom. The Kier molecular flexibility index (Phi) is 5.74. The highest BCUT2D eigenvalue weighted by Gasteiger charge is 2.17. The summed E-state index contributed by atoms with van der Waals surface area (Å²) in [7, 11) is 1.28. The molecule has 0 radical (unpaired) electrons. The number of nitrogen functional groups attached to an aromatic ring is 1. The van der Waals surface area contributed by atoms with Gasteiger partial charge in [0.2, 0.25) is 0 Å². The van der Waals surface area contributed by atoms with Gasteiger partial charge in [-0.2, -0.15) is 5.10 Å². The number of ether oxygens (including phenoxy) is 1. The summed E-state index contributed by atoms with van der Waals surface area (Å²) in [6.45, 7) is 2.61. The molecule has 1 heterocycles. The lowest BCUT2D eigenvalue weighted by atomic mass is 10.0. The van der Waals surface area contributed by atoms with Crippen molar-refractivity contribution in [2.45, 2.75) is 12.8 Å². The first kappa shape index (κ1) is 19.2. The number of nitrogens with one attached hydrogen (secondary N) is 1. The third-order valence-electron chi connectivity index (χ3n) is 4.52. The van der Waals surface area contributed by atoms with E-state index in [1.54, 1.807) is 24.3 Å². The van der Waals surface area contributed by atoms with E-state index < -0.39 is 5.97 Å². The number of rotatable bonds is 6. The Balaban J connectivity index is 1.66. The van der Waals surface area contributed by atoms with Crippen LogP contribution in [0.4, 0.5) is 5.82 Å². The summed E-state index contributed by atoms with van der Waals surface area (Å²) in [6.07, 6.45) is 1.35. The average molecular weight is 378 g/mol. The van der Waals surface area contributed by atoms with Crippen LogP contribution >= 0.6 is 0 Å². The van der Waals surface area contributed by atoms with Crippen LogP contribution in [-0.4, -0.2) is 35.3 Å². The van der Waals surface area contributed by atoms with Gasteiger partial charge < -0.3 is 15.8 Å². The minimum absolute atomic E-state index is 0.155. The molecule has 0 aliphatic carbocycles. The summed E-state index contributed by atoms with van der Waals surface area (Å²) in [5.74, 6) is -0.309. The summed E-state index contributed by atoms with van der Waals surface area (Å²) in [5, 5.41) is 7.06. The maximum Gasteiger partial charge on any atom is 0.343 e. The number of benzene rings is 2. The number of hydrogen-bond donors (Lipinski definition) is 2. The number of anilines is 1. The van der Waals surface area contributed by atoms with Crippen LogP contribution in [0.5, 0.6) is 0 Å². The number of amides is 1. The molecule has 7 nitrogen and oxygen atoms in total. The Morgan fingerprint density at radius 2 is 1.82 bits per heavy atom. The first-order valence-corrected chi connectivity index (χ1v) is 8.86. The topological polar surface area (TPSA) is 99.2 Å². The van der Waals surface area contributed by atoms with E-state index in [1.165, 1.54) is 23.6 Å². The summed E-state index contributed by atoms with van der Waals surface area (Å²) < 4.78 is 6.09. The standard InChI is InChI=1S/C21H22N4O3/c1-14(15-6-4-3-5-7-15)12-23-20(26)16-8-10-17(11-9-16)25-19(22)18(13-24-25)21(27)28-2/h3-11,13-14H,12,22H2,1-2H3,(H,23,26)/t14-/m0/s1. The molecule has 0 unspecified atom stereocenters. The van der Waals surface area contributed by atoms with Gasteiger partial charge in [-0.05, 0) is 35.7 Å². The number of carbonyl (C=O) groups is 2. The highest BCUT2D eigenvalue weighted by molar-refractivity contribution is 5.95. The van der Waals surface area contributed by atoms with Crippen LogP contribution in [0.3, 0.4) is 0 Å². The van der Waals surface area contributed by atoms with Gasteiger partial charge >= 0.3 is 5.97 Å². The Hall–Kier alpha value is -3.61. The minimum Gasteiger partial charge on any atom is -0.465 e. The third kappa shape index (κ3) is 4.03. The zero-order chi connectivity index (χ0) is 20.1. The summed E-state index contributed by atoms with van der Waals surface area (Å²) in [6, 6.07) is 16.9. The molecule has 144 valence electrons. The van der Waals surface area contributed by atoms with Crippen molar-refractivity contribution in [3.8, 4) is 5.69 Å². The third-order valence-corrected chi connectivity index (χ3v) is 4.52. The van der Waals surface area contributed by atoms with E-state index in [0.717, 1.165) is 0 Å². The zero-order valence-corrected chi connectivity index (χ0v) is 15.8. The van der Waals surface area contributed by atoms with Crippen molar-refractivity contribution in [1.82, 2.24) is 15.1 Å². The molecule has 0 bridgehead atoms. The number of carbonyl (C=O) groups excluding carboxylic acids is 2. The van der Waals surface area contributed by atoms with Crippen molar-refractivity contribution >= 4 is 17.7 Å². The largest absolute Gasteiger partial charge is 0.465 e. The number of nitrogens with two attached hydrogens (primary N) is 1. The quantitative estimate of drug-likeness (QED) is 0.643. The molecule has 0 saturated carbocycles. The predicted molar refractivity (Wildman–Crippen MR) is 107 cm³/mol. The molecule has 0 aliphatic rings. The first-order valence-electron chi connectivity index (χ1n) is 8.86. The second-order valence-corrected chi connectivity index (χ2v) is 6.42. The van der Waals surface area contributed by atoms with Crippen molar-refractivity contribution in [3.63, 3.8) is 0 Å². The average Bonchev–Trinajstić information content (AvgIpc) is 3.13. The lowest BCUT2D eigenvalue weighted by Crippen LogP contribution is -2.27. The second-order valence-electron chi connectivity index (χ2n) is 6.42. The molecule has 0 spiro atoms. The van der Waals surface area contributed by atoms with E-state index in [1.807, 2.05) is 30.3 Å². The molecular weight excluding hydrogens is 356 g/mol. The Morgan fingerprint density at radius 3 is 2.46 bits per heavy atom. The van der Waals surface area contributed by atoms with Crippen LogP contribution in [0.25, 0.3) is 5.69 Å². The van der Waals surface area contributed by atoms with Crippen molar-refractivity contribution in [2.75, 3.05) is 19.4 Å². The molecule has 0 aliphatic heterocycles. The van der Waals surface area contributed by atoms with E-state index in [4.69, 9.17) is 5.73 Å². The van der Waals surface area contributed by atoms with Gasteiger partial charge in [-0.1, -0.05) is 37.3 Å². The smallest absolute Gasteiger partial charge is 0.343 e. The number of aromatic nitrogens is 2. The van der Waals surface area contributed by atoms with Crippen molar-refractivity contribution in [1.29, 1.82) is 0 Å². The monoisotopic (exact) mass is 378 g/mol. The molecule has 3 aromatic rings. The molecule has 1 amide bonds. The predicted octanol–water partition coefficient (Wildman–Crippen LogP) is 2.77. The van der Waals surface area contributed by atoms with Gasteiger partial charge in [0.1, 0.15) is 11.4 Å². The van der Waals surface area contributed by atoms with Gasteiger partial charge in [-0.3, -0.25) is 4.79 Å². The van der Waals surface area contributed by atoms with Crippen LogP contribution in [0.2, 0.25) is 0 Å². The van der Waals surface area contributed by atoms with Gasteiger partial charge in [0.15, 0.2) is 0 Å². The van der Waals surface area contributed by atoms with E-state index in [-0.39, 0.29) is 23.2 Å². The normalized spacial score (nSPS) is 11.6. The summed E-state index contributed by atoms with van der Waals surface area (Å²) in [4.78, 5) is 24.1. The molecule has 2 aromatic carbocycles. The molecule has 0 fully saturated rings. The molecular formula is C21H22N4O3. The van der Waals surface area contributed by atoms with Crippen LogP contribution in [-0.2, 0) is 4.74 Å². The van der Waals surface area contributed by atoms with E-state index >= 15 is 0 Å². The first-order chi connectivity index (χ1) is 13.5. The molecule has 1 aromatic heterocycles. The Labute approximate surface area is 163 Å². The minimum atomic E-state index is -0.549. The molecule has 3 rings (SSSR count). The lowest BCUT2D eigenvalue weighted by Gasteiger charge is -2.13.